The highest BCUT2D eigenvalue weighted by Crippen LogP contribution is 2.44. The molecule has 2 heterocycles. The number of benzene rings is 8. The van der Waals surface area contributed by atoms with Crippen molar-refractivity contribution in [2.75, 3.05) is 0 Å². The van der Waals surface area contributed by atoms with E-state index in [1.54, 1.807) is 11.3 Å². The molecule has 0 aliphatic carbocycles. The van der Waals surface area contributed by atoms with Crippen LogP contribution in [-0.2, 0) is 0 Å². The van der Waals surface area contributed by atoms with E-state index in [4.69, 9.17) is 9.97 Å². The predicted octanol–water partition coefficient (Wildman–Crippen LogP) is 13.5. The molecule has 51 heavy (non-hydrogen) atoms. The third kappa shape index (κ3) is 5.01. The Hall–Kier alpha value is -6.42. The third-order valence-corrected chi connectivity index (χ3v) is 11.0. The van der Waals surface area contributed by atoms with Gasteiger partial charge in [0.05, 0.1) is 15.9 Å². The molecular formula is C48H30N2S. The molecule has 0 saturated carbocycles. The molecule has 0 saturated heterocycles. The number of aromatic nitrogens is 2. The second-order valence-corrected chi connectivity index (χ2v) is 14.0. The van der Waals surface area contributed by atoms with Gasteiger partial charge in [-0.3, -0.25) is 0 Å². The molecule has 10 rings (SSSR count). The molecule has 0 unspecified atom stereocenters. The number of fused-ring (bicyclic) bond motifs is 5. The standard InChI is InChI=1S/C48H30N2S/c1-3-15-31(16-4-1)43-37-23-7-9-25-39(37)44(40-26-10-8-24-38(40)43)35-21-13-19-33(29-35)34-20-14-22-36(30-34)48-49-45(32-17-5-2-6-18-32)47-46(50-48)41-27-11-12-28-42(41)51-47/h1-30H. The van der Waals surface area contributed by atoms with E-state index in [1.807, 2.05) is 0 Å². The molecule has 0 amide bonds. The Bertz CT molecular complexity index is 2850. The Morgan fingerprint density at radius 3 is 1.41 bits per heavy atom. The second kappa shape index (κ2) is 12.2. The Kier molecular flexibility index (Phi) is 7.04. The molecule has 3 heteroatoms. The van der Waals surface area contributed by atoms with Gasteiger partial charge in [0.1, 0.15) is 0 Å². The first-order chi connectivity index (χ1) is 25.3. The molecule has 0 aliphatic heterocycles. The zero-order chi connectivity index (χ0) is 33.7. The van der Waals surface area contributed by atoms with Crippen molar-refractivity contribution in [2.24, 2.45) is 0 Å². The molecule has 0 atom stereocenters. The van der Waals surface area contributed by atoms with Crippen molar-refractivity contribution >= 4 is 53.2 Å². The topological polar surface area (TPSA) is 25.8 Å². The van der Waals surface area contributed by atoms with Crippen LogP contribution in [0.25, 0.3) is 97.9 Å². The van der Waals surface area contributed by atoms with Crippen LogP contribution in [-0.4, -0.2) is 9.97 Å². The average molecular weight is 667 g/mol. The number of thiophene rings is 1. The van der Waals surface area contributed by atoms with Crippen LogP contribution in [0.15, 0.2) is 182 Å². The quantitative estimate of drug-likeness (QED) is 0.171. The maximum absolute atomic E-state index is 5.24. The lowest BCUT2D eigenvalue weighted by Gasteiger charge is -2.18. The van der Waals surface area contributed by atoms with E-state index in [9.17, 15) is 0 Å². The van der Waals surface area contributed by atoms with Crippen LogP contribution in [0.1, 0.15) is 0 Å². The summed E-state index contributed by atoms with van der Waals surface area (Å²) < 4.78 is 2.34. The molecule has 0 bridgehead atoms. The summed E-state index contributed by atoms with van der Waals surface area (Å²) in [5.41, 5.74) is 11.3. The van der Waals surface area contributed by atoms with Crippen molar-refractivity contribution in [1.82, 2.24) is 9.97 Å². The summed E-state index contributed by atoms with van der Waals surface area (Å²) in [6.45, 7) is 0. The largest absolute Gasteiger partial charge is 0.226 e. The van der Waals surface area contributed by atoms with Crippen LogP contribution in [0, 0.1) is 0 Å². The van der Waals surface area contributed by atoms with Gasteiger partial charge < -0.3 is 0 Å². The van der Waals surface area contributed by atoms with Crippen LogP contribution < -0.4 is 0 Å². The van der Waals surface area contributed by atoms with Gasteiger partial charge in [-0.15, -0.1) is 11.3 Å². The first-order valence-electron chi connectivity index (χ1n) is 17.2. The summed E-state index contributed by atoms with van der Waals surface area (Å²) in [4.78, 5) is 10.5. The summed E-state index contributed by atoms with van der Waals surface area (Å²) in [7, 11) is 0. The highest BCUT2D eigenvalue weighted by molar-refractivity contribution is 7.26. The van der Waals surface area contributed by atoms with Crippen molar-refractivity contribution < 1.29 is 0 Å². The first kappa shape index (κ1) is 29.5. The van der Waals surface area contributed by atoms with E-state index >= 15 is 0 Å². The normalized spacial score (nSPS) is 11.5. The zero-order valence-corrected chi connectivity index (χ0v) is 28.4. The molecule has 0 N–H and O–H groups in total. The maximum Gasteiger partial charge on any atom is 0.160 e. The number of hydrogen-bond acceptors (Lipinski definition) is 3. The van der Waals surface area contributed by atoms with Crippen LogP contribution in [0.5, 0.6) is 0 Å². The molecule has 8 aromatic carbocycles. The maximum atomic E-state index is 5.24. The van der Waals surface area contributed by atoms with E-state index in [1.165, 1.54) is 53.9 Å². The summed E-state index contributed by atoms with van der Waals surface area (Å²) in [5.74, 6) is 0.733. The van der Waals surface area contributed by atoms with Gasteiger partial charge in [-0.1, -0.05) is 164 Å². The van der Waals surface area contributed by atoms with E-state index in [0.717, 1.165) is 44.0 Å². The molecular weight excluding hydrogens is 637 g/mol. The molecule has 2 aromatic heterocycles. The van der Waals surface area contributed by atoms with E-state index in [0.29, 0.717) is 0 Å². The van der Waals surface area contributed by atoms with Crippen molar-refractivity contribution in [3.8, 4) is 56.0 Å². The molecule has 238 valence electrons. The minimum absolute atomic E-state index is 0.733. The van der Waals surface area contributed by atoms with Gasteiger partial charge in [0.2, 0.25) is 0 Å². The minimum atomic E-state index is 0.733. The van der Waals surface area contributed by atoms with E-state index in [2.05, 4.69) is 182 Å². The summed E-state index contributed by atoms with van der Waals surface area (Å²) >= 11 is 1.76. The average Bonchev–Trinajstić information content (AvgIpc) is 3.59. The predicted molar refractivity (Wildman–Crippen MR) is 217 cm³/mol. The second-order valence-electron chi connectivity index (χ2n) is 12.9. The van der Waals surface area contributed by atoms with Crippen LogP contribution in [0.3, 0.4) is 0 Å². The highest BCUT2D eigenvalue weighted by Gasteiger charge is 2.18. The van der Waals surface area contributed by atoms with Gasteiger partial charge in [-0.2, -0.15) is 0 Å². The van der Waals surface area contributed by atoms with Crippen LogP contribution in [0.4, 0.5) is 0 Å². The van der Waals surface area contributed by atoms with Gasteiger partial charge in [-0.25, -0.2) is 9.97 Å². The fraction of sp³-hybridized carbons (Fsp3) is 0. The Morgan fingerprint density at radius 1 is 0.333 bits per heavy atom. The van der Waals surface area contributed by atoms with Gasteiger partial charge in [0, 0.05) is 21.2 Å². The molecule has 10 aromatic rings. The molecule has 2 nitrogen and oxygen atoms in total. The van der Waals surface area contributed by atoms with Gasteiger partial charge in [0.25, 0.3) is 0 Å². The van der Waals surface area contributed by atoms with E-state index < -0.39 is 0 Å². The summed E-state index contributed by atoms with van der Waals surface area (Å²) in [5, 5.41) is 6.18. The Balaban J connectivity index is 1.14. The highest BCUT2D eigenvalue weighted by atomic mass is 32.1. The fourth-order valence-electron chi connectivity index (χ4n) is 7.56. The lowest BCUT2D eigenvalue weighted by atomic mass is 9.85. The van der Waals surface area contributed by atoms with Gasteiger partial charge in [-0.05, 0) is 73.1 Å². The number of rotatable bonds is 5. The summed E-state index contributed by atoms with van der Waals surface area (Å²) in [6, 6.07) is 65.1. The van der Waals surface area contributed by atoms with Crippen molar-refractivity contribution in [1.29, 1.82) is 0 Å². The Labute approximate surface area is 300 Å². The number of nitrogens with zero attached hydrogens (tertiary/aromatic N) is 2. The lowest BCUT2D eigenvalue weighted by Crippen LogP contribution is -1.94. The van der Waals surface area contributed by atoms with Crippen LogP contribution in [0.2, 0.25) is 0 Å². The molecule has 0 spiro atoms. The van der Waals surface area contributed by atoms with Crippen molar-refractivity contribution in [3.05, 3.63) is 182 Å². The Morgan fingerprint density at radius 2 is 0.784 bits per heavy atom. The smallest absolute Gasteiger partial charge is 0.160 e. The van der Waals surface area contributed by atoms with Crippen molar-refractivity contribution in [3.63, 3.8) is 0 Å². The van der Waals surface area contributed by atoms with Crippen molar-refractivity contribution in [2.45, 2.75) is 0 Å². The van der Waals surface area contributed by atoms with Gasteiger partial charge in [0.15, 0.2) is 5.82 Å². The monoisotopic (exact) mass is 666 g/mol. The zero-order valence-electron chi connectivity index (χ0n) is 27.6. The third-order valence-electron chi connectivity index (χ3n) is 9.87. The minimum Gasteiger partial charge on any atom is -0.226 e. The molecule has 0 aliphatic rings. The number of hydrogen-bond donors (Lipinski definition) is 0. The molecule has 0 radical (unpaired) electrons. The lowest BCUT2D eigenvalue weighted by molar-refractivity contribution is 1.24. The van der Waals surface area contributed by atoms with E-state index in [-0.39, 0.29) is 0 Å². The summed E-state index contributed by atoms with van der Waals surface area (Å²) in [6.07, 6.45) is 0. The SMILES string of the molecule is c1ccc(-c2c3ccccc3c(-c3cccc(-c4cccc(-c5nc(-c6ccccc6)c6sc7ccccc7c6n5)c4)c3)c3ccccc23)cc1. The fourth-order valence-corrected chi connectivity index (χ4v) is 8.71. The molecule has 0 fully saturated rings. The first-order valence-corrected chi connectivity index (χ1v) is 18.1. The van der Waals surface area contributed by atoms with Gasteiger partial charge >= 0.3 is 0 Å². The van der Waals surface area contributed by atoms with Crippen LogP contribution >= 0.6 is 11.3 Å².